The number of hydrogen-bond acceptors (Lipinski definition) is 5. The molecule has 6 nitrogen and oxygen atoms in total. The Balaban J connectivity index is 1.63. The molecule has 7 heteroatoms. The Morgan fingerprint density at radius 2 is 1.76 bits per heavy atom. The molecule has 0 spiro atoms. The zero-order valence-electron chi connectivity index (χ0n) is 16.1. The fourth-order valence-corrected chi connectivity index (χ4v) is 2.59. The van der Waals surface area contributed by atoms with Gasteiger partial charge in [0.25, 0.3) is 0 Å². The molecular weight excluding hydrogens is 388 g/mol. The van der Waals surface area contributed by atoms with Crippen molar-refractivity contribution in [3.05, 3.63) is 72.8 Å². The van der Waals surface area contributed by atoms with E-state index in [1.54, 1.807) is 30.3 Å². The molecule has 152 valence electrons. The highest BCUT2D eigenvalue weighted by atomic mass is 32.1. The molecule has 2 aromatic carbocycles. The van der Waals surface area contributed by atoms with Crippen molar-refractivity contribution in [1.82, 2.24) is 5.32 Å². The van der Waals surface area contributed by atoms with E-state index in [-0.39, 0.29) is 30.5 Å². The summed E-state index contributed by atoms with van der Waals surface area (Å²) in [6.45, 7) is 4.30. The Hall–Kier alpha value is -3.19. The van der Waals surface area contributed by atoms with E-state index in [1.807, 2.05) is 30.3 Å². The topological polar surface area (TPSA) is 76.7 Å². The molecule has 0 unspecified atom stereocenters. The zero-order chi connectivity index (χ0) is 20.9. The Kier molecular flexibility index (Phi) is 9.38. The predicted molar refractivity (Wildman–Crippen MR) is 117 cm³/mol. The Labute approximate surface area is 175 Å². The molecule has 2 rings (SSSR count). The van der Waals surface area contributed by atoms with Crippen LogP contribution >= 0.6 is 12.2 Å². The van der Waals surface area contributed by atoms with Gasteiger partial charge in [-0.25, -0.2) is 0 Å². The van der Waals surface area contributed by atoms with Crippen LogP contribution in [0.15, 0.2) is 67.3 Å². The second-order valence-corrected chi connectivity index (χ2v) is 6.49. The number of esters is 1. The average Bonchev–Trinajstić information content (AvgIpc) is 2.72. The number of hydrogen-bond donors (Lipinski definition) is 2. The number of amides is 1. The van der Waals surface area contributed by atoms with Gasteiger partial charge in [0, 0.05) is 18.5 Å². The first-order valence-electron chi connectivity index (χ1n) is 9.21. The van der Waals surface area contributed by atoms with E-state index in [9.17, 15) is 9.59 Å². The van der Waals surface area contributed by atoms with Gasteiger partial charge < -0.3 is 20.1 Å². The summed E-state index contributed by atoms with van der Waals surface area (Å²) in [5.41, 5.74) is 1.80. The standard InChI is InChI=1S/C22H24N2O4S/c1-2-15-27-19-10-8-18(9-11-19)23-22(29)24-20(25)12-13-21(26)28-16-14-17-6-4-3-5-7-17/h2-11H,1,12-16H2,(H2,23,24,25,29). The van der Waals surface area contributed by atoms with Crippen LogP contribution in [0.4, 0.5) is 5.69 Å². The van der Waals surface area contributed by atoms with Gasteiger partial charge in [0.05, 0.1) is 13.0 Å². The average molecular weight is 413 g/mol. The maximum atomic E-state index is 11.9. The summed E-state index contributed by atoms with van der Waals surface area (Å²) in [5, 5.41) is 5.61. The van der Waals surface area contributed by atoms with Crippen LogP contribution in [0.3, 0.4) is 0 Å². The van der Waals surface area contributed by atoms with E-state index >= 15 is 0 Å². The normalized spacial score (nSPS) is 9.93. The van der Waals surface area contributed by atoms with Crippen LogP contribution in [-0.2, 0) is 20.7 Å². The van der Waals surface area contributed by atoms with Gasteiger partial charge in [-0.05, 0) is 42.0 Å². The molecule has 0 fully saturated rings. The smallest absolute Gasteiger partial charge is 0.306 e. The van der Waals surface area contributed by atoms with E-state index in [1.165, 1.54) is 0 Å². The summed E-state index contributed by atoms with van der Waals surface area (Å²) in [6, 6.07) is 16.9. The summed E-state index contributed by atoms with van der Waals surface area (Å²) in [7, 11) is 0. The lowest BCUT2D eigenvalue weighted by atomic mass is 10.2. The molecule has 0 bridgehead atoms. The number of rotatable bonds is 10. The third-order valence-corrected chi connectivity index (χ3v) is 3.99. The summed E-state index contributed by atoms with van der Waals surface area (Å²) in [6.07, 6.45) is 2.30. The van der Waals surface area contributed by atoms with Gasteiger partial charge in [-0.2, -0.15) is 0 Å². The molecular formula is C22H24N2O4S. The van der Waals surface area contributed by atoms with Crippen LogP contribution in [0.5, 0.6) is 5.75 Å². The van der Waals surface area contributed by atoms with Crippen molar-refractivity contribution in [3.63, 3.8) is 0 Å². The van der Waals surface area contributed by atoms with Gasteiger partial charge in [-0.1, -0.05) is 43.0 Å². The monoisotopic (exact) mass is 412 g/mol. The van der Waals surface area contributed by atoms with Crippen LogP contribution in [0.1, 0.15) is 18.4 Å². The maximum Gasteiger partial charge on any atom is 0.306 e. The molecule has 0 saturated carbocycles. The number of anilines is 1. The Morgan fingerprint density at radius 1 is 1.03 bits per heavy atom. The molecule has 0 saturated heterocycles. The molecule has 2 N–H and O–H groups in total. The molecule has 0 aliphatic carbocycles. The van der Waals surface area contributed by atoms with Gasteiger partial charge >= 0.3 is 5.97 Å². The van der Waals surface area contributed by atoms with E-state index < -0.39 is 5.97 Å². The molecule has 0 radical (unpaired) electrons. The minimum absolute atomic E-state index is 0.000319. The lowest BCUT2D eigenvalue weighted by Gasteiger charge is -2.10. The van der Waals surface area contributed by atoms with Gasteiger partial charge in [0.2, 0.25) is 5.91 Å². The summed E-state index contributed by atoms with van der Waals surface area (Å²) in [5.74, 6) is -0.0605. The SMILES string of the molecule is C=CCOc1ccc(NC(=S)NC(=O)CCC(=O)OCCc2ccccc2)cc1. The molecule has 2 aromatic rings. The van der Waals surface area contributed by atoms with Crippen LogP contribution < -0.4 is 15.4 Å². The maximum absolute atomic E-state index is 11.9. The molecule has 0 heterocycles. The quantitative estimate of drug-likeness (QED) is 0.353. The number of carbonyl (C=O) groups excluding carboxylic acids is 2. The van der Waals surface area contributed by atoms with Crippen molar-refractivity contribution in [2.45, 2.75) is 19.3 Å². The van der Waals surface area contributed by atoms with Crippen molar-refractivity contribution in [2.75, 3.05) is 18.5 Å². The second-order valence-electron chi connectivity index (χ2n) is 6.08. The van der Waals surface area contributed by atoms with Crippen LogP contribution in [-0.4, -0.2) is 30.2 Å². The van der Waals surface area contributed by atoms with Crippen LogP contribution in [0.2, 0.25) is 0 Å². The van der Waals surface area contributed by atoms with Crippen molar-refractivity contribution in [1.29, 1.82) is 0 Å². The third kappa shape index (κ3) is 9.03. The van der Waals surface area contributed by atoms with Gasteiger partial charge in [-0.15, -0.1) is 0 Å². The fourth-order valence-electron chi connectivity index (χ4n) is 2.36. The highest BCUT2D eigenvalue weighted by Crippen LogP contribution is 2.15. The highest BCUT2D eigenvalue weighted by Gasteiger charge is 2.10. The molecule has 0 aromatic heterocycles. The van der Waals surface area contributed by atoms with Gasteiger partial charge in [-0.3, -0.25) is 9.59 Å². The van der Waals surface area contributed by atoms with E-state index in [4.69, 9.17) is 21.7 Å². The second kappa shape index (κ2) is 12.3. The molecule has 1 amide bonds. The van der Waals surface area contributed by atoms with Gasteiger partial charge in [0.15, 0.2) is 5.11 Å². The van der Waals surface area contributed by atoms with Crippen molar-refractivity contribution < 1.29 is 19.1 Å². The number of carbonyl (C=O) groups is 2. The molecule has 0 atom stereocenters. The van der Waals surface area contributed by atoms with E-state index in [0.717, 1.165) is 5.56 Å². The van der Waals surface area contributed by atoms with Crippen molar-refractivity contribution >= 4 is 34.9 Å². The first-order valence-corrected chi connectivity index (χ1v) is 9.62. The number of benzene rings is 2. The lowest BCUT2D eigenvalue weighted by molar-refractivity contribution is -0.144. The number of thiocarbonyl (C=S) groups is 1. The number of ether oxygens (including phenoxy) is 2. The molecule has 29 heavy (non-hydrogen) atoms. The van der Waals surface area contributed by atoms with Crippen LogP contribution in [0.25, 0.3) is 0 Å². The zero-order valence-corrected chi connectivity index (χ0v) is 16.9. The summed E-state index contributed by atoms with van der Waals surface area (Å²) >= 11 is 5.12. The highest BCUT2D eigenvalue weighted by molar-refractivity contribution is 7.80. The Morgan fingerprint density at radius 3 is 2.45 bits per heavy atom. The van der Waals surface area contributed by atoms with Crippen molar-refractivity contribution in [3.8, 4) is 5.75 Å². The molecule has 0 aliphatic heterocycles. The third-order valence-electron chi connectivity index (χ3n) is 3.79. The van der Waals surface area contributed by atoms with Crippen LogP contribution in [0, 0.1) is 0 Å². The molecule has 0 aliphatic rings. The fraction of sp³-hybridized carbons (Fsp3) is 0.227. The Bertz CT molecular complexity index is 822. The first kappa shape index (κ1) is 22.1. The van der Waals surface area contributed by atoms with Gasteiger partial charge in [0.1, 0.15) is 12.4 Å². The van der Waals surface area contributed by atoms with Crippen molar-refractivity contribution in [2.24, 2.45) is 0 Å². The first-order chi connectivity index (χ1) is 14.1. The number of nitrogens with one attached hydrogen (secondary N) is 2. The lowest BCUT2D eigenvalue weighted by Crippen LogP contribution is -2.34. The van der Waals surface area contributed by atoms with E-state index in [0.29, 0.717) is 24.5 Å². The summed E-state index contributed by atoms with van der Waals surface area (Å²) in [4.78, 5) is 23.7. The summed E-state index contributed by atoms with van der Waals surface area (Å²) < 4.78 is 10.5. The minimum Gasteiger partial charge on any atom is -0.490 e. The minimum atomic E-state index is -0.412. The predicted octanol–water partition coefficient (Wildman–Crippen LogP) is 3.63. The van der Waals surface area contributed by atoms with E-state index in [2.05, 4.69) is 17.2 Å². The largest absolute Gasteiger partial charge is 0.490 e.